The number of carbonyl (C=O) groups excluding carboxylic acids is 1. The van der Waals surface area contributed by atoms with Crippen molar-refractivity contribution in [3.8, 4) is 0 Å². The number of ether oxygens (including phenoxy) is 1. The molecule has 0 aromatic heterocycles. The molecule has 0 radical (unpaired) electrons. The molecule has 0 unspecified atom stereocenters. The van der Waals surface area contributed by atoms with Gasteiger partial charge in [0.15, 0.2) is 0 Å². The van der Waals surface area contributed by atoms with Crippen LogP contribution in [0.3, 0.4) is 0 Å². The summed E-state index contributed by atoms with van der Waals surface area (Å²) in [6.45, 7) is 7.34. The molecule has 0 fully saturated rings. The van der Waals surface area contributed by atoms with Gasteiger partial charge in [0.25, 0.3) is 0 Å². The SMILES string of the molecule is C=C(C=CCOC(=O)NC(C)C)CO. The van der Waals surface area contributed by atoms with Crippen molar-refractivity contribution < 1.29 is 14.6 Å². The van der Waals surface area contributed by atoms with Crippen LogP contribution in [0.4, 0.5) is 4.79 Å². The van der Waals surface area contributed by atoms with Gasteiger partial charge in [-0.05, 0) is 25.5 Å². The van der Waals surface area contributed by atoms with Crippen LogP contribution in [0, 0.1) is 0 Å². The molecule has 0 rings (SSSR count). The summed E-state index contributed by atoms with van der Waals surface area (Å²) >= 11 is 0. The molecule has 4 heteroatoms. The second-order valence-corrected chi connectivity index (χ2v) is 3.12. The van der Waals surface area contributed by atoms with E-state index in [9.17, 15) is 4.79 Å². The minimum absolute atomic E-state index is 0.0684. The second kappa shape index (κ2) is 7.15. The van der Waals surface area contributed by atoms with Gasteiger partial charge in [0.2, 0.25) is 0 Å². The molecule has 0 bridgehead atoms. The number of aliphatic hydroxyl groups excluding tert-OH is 1. The molecule has 0 aromatic carbocycles. The van der Waals surface area contributed by atoms with Gasteiger partial charge >= 0.3 is 6.09 Å². The largest absolute Gasteiger partial charge is 0.445 e. The van der Waals surface area contributed by atoms with E-state index in [0.717, 1.165) is 0 Å². The Morgan fingerprint density at radius 1 is 1.64 bits per heavy atom. The van der Waals surface area contributed by atoms with Gasteiger partial charge in [-0.25, -0.2) is 4.79 Å². The van der Waals surface area contributed by atoms with Crippen LogP contribution in [-0.4, -0.2) is 30.5 Å². The van der Waals surface area contributed by atoms with Crippen LogP contribution < -0.4 is 5.32 Å². The Morgan fingerprint density at radius 3 is 2.79 bits per heavy atom. The maximum atomic E-state index is 10.9. The number of nitrogens with one attached hydrogen (secondary N) is 1. The molecule has 0 saturated carbocycles. The monoisotopic (exact) mass is 199 g/mol. The lowest BCUT2D eigenvalue weighted by Gasteiger charge is -2.07. The summed E-state index contributed by atoms with van der Waals surface area (Å²) in [4.78, 5) is 10.9. The van der Waals surface area contributed by atoms with E-state index in [1.54, 1.807) is 12.2 Å². The van der Waals surface area contributed by atoms with E-state index >= 15 is 0 Å². The van der Waals surface area contributed by atoms with Crippen LogP contribution in [0.2, 0.25) is 0 Å². The van der Waals surface area contributed by atoms with Crippen molar-refractivity contribution in [1.29, 1.82) is 0 Å². The second-order valence-electron chi connectivity index (χ2n) is 3.12. The van der Waals surface area contributed by atoms with E-state index in [-0.39, 0.29) is 19.3 Å². The van der Waals surface area contributed by atoms with Crippen LogP contribution >= 0.6 is 0 Å². The first-order valence-electron chi connectivity index (χ1n) is 4.44. The minimum atomic E-state index is -0.445. The number of hydrogen-bond donors (Lipinski definition) is 2. The standard InChI is InChI=1S/C10H17NO3/c1-8(2)11-10(13)14-6-4-5-9(3)7-12/h4-5,8,12H,3,6-7H2,1-2H3,(H,11,13). The lowest BCUT2D eigenvalue weighted by Crippen LogP contribution is -2.30. The molecule has 0 aromatic rings. The first-order chi connectivity index (χ1) is 6.56. The highest BCUT2D eigenvalue weighted by Crippen LogP contribution is 1.90. The van der Waals surface area contributed by atoms with E-state index < -0.39 is 6.09 Å². The quantitative estimate of drug-likeness (QED) is 0.655. The van der Waals surface area contributed by atoms with Crippen molar-refractivity contribution in [2.24, 2.45) is 0 Å². The first kappa shape index (κ1) is 12.7. The summed E-state index contributed by atoms with van der Waals surface area (Å²) in [7, 11) is 0. The Kier molecular flexibility index (Phi) is 6.49. The van der Waals surface area contributed by atoms with Gasteiger partial charge in [-0.3, -0.25) is 0 Å². The molecule has 0 aliphatic rings. The smallest absolute Gasteiger partial charge is 0.407 e. The van der Waals surface area contributed by atoms with Crippen molar-refractivity contribution in [3.05, 3.63) is 24.3 Å². The van der Waals surface area contributed by atoms with Gasteiger partial charge < -0.3 is 15.2 Å². The summed E-state index contributed by atoms with van der Waals surface area (Å²) < 4.78 is 4.79. The fourth-order valence-corrected chi connectivity index (χ4v) is 0.669. The van der Waals surface area contributed by atoms with Crippen LogP contribution in [-0.2, 0) is 4.74 Å². The molecule has 1 amide bonds. The fraction of sp³-hybridized carbons (Fsp3) is 0.500. The number of carbonyl (C=O) groups is 1. The van der Waals surface area contributed by atoms with Gasteiger partial charge in [0.05, 0.1) is 6.61 Å². The lowest BCUT2D eigenvalue weighted by molar-refractivity contribution is 0.155. The zero-order valence-electron chi connectivity index (χ0n) is 8.62. The summed E-state index contributed by atoms with van der Waals surface area (Å²) in [5, 5.41) is 11.2. The van der Waals surface area contributed by atoms with Gasteiger partial charge in [0, 0.05) is 6.04 Å². The van der Waals surface area contributed by atoms with Crippen molar-refractivity contribution in [1.82, 2.24) is 5.32 Å². The van der Waals surface area contributed by atoms with E-state index in [1.165, 1.54) is 0 Å². The minimum Gasteiger partial charge on any atom is -0.445 e. The third kappa shape index (κ3) is 7.36. The van der Waals surface area contributed by atoms with Crippen molar-refractivity contribution >= 4 is 6.09 Å². The average Bonchev–Trinajstić information content (AvgIpc) is 2.10. The molecule has 4 nitrogen and oxygen atoms in total. The summed E-state index contributed by atoms with van der Waals surface area (Å²) in [6.07, 6.45) is 2.79. The lowest BCUT2D eigenvalue weighted by atomic mass is 10.3. The molecule has 0 saturated heterocycles. The maximum absolute atomic E-state index is 10.9. The van der Waals surface area contributed by atoms with Crippen LogP contribution in [0.15, 0.2) is 24.3 Å². The number of hydrogen-bond acceptors (Lipinski definition) is 3. The summed E-state index contributed by atoms with van der Waals surface area (Å²) in [5.41, 5.74) is 0.581. The van der Waals surface area contributed by atoms with E-state index in [1.807, 2.05) is 13.8 Å². The summed E-state index contributed by atoms with van der Waals surface area (Å²) in [5.74, 6) is 0. The summed E-state index contributed by atoms with van der Waals surface area (Å²) in [6, 6.07) is 0.0684. The Labute approximate surface area is 84.3 Å². The van der Waals surface area contributed by atoms with Gasteiger partial charge in [0.1, 0.15) is 6.61 Å². The predicted molar refractivity (Wildman–Crippen MR) is 55.0 cm³/mol. The van der Waals surface area contributed by atoms with Crippen LogP contribution in [0.25, 0.3) is 0 Å². The maximum Gasteiger partial charge on any atom is 0.407 e. The highest BCUT2D eigenvalue weighted by atomic mass is 16.5. The third-order valence-electron chi connectivity index (χ3n) is 1.27. The highest BCUT2D eigenvalue weighted by molar-refractivity contribution is 5.67. The third-order valence-corrected chi connectivity index (χ3v) is 1.27. The molecule has 0 spiro atoms. The normalized spacial score (nSPS) is 10.6. The van der Waals surface area contributed by atoms with E-state index in [4.69, 9.17) is 9.84 Å². The van der Waals surface area contributed by atoms with Crippen LogP contribution in [0.1, 0.15) is 13.8 Å². The van der Waals surface area contributed by atoms with Crippen molar-refractivity contribution in [2.45, 2.75) is 19.9 Å². The van der Waals surface area contributed by atoms with Crippen molar-refractivity contribution in [3.63, 3.8) is 0 Å². The number of aliphatic hydroxyl groups is 1. The van der Waals surface area contributed by atoms with Gasteiger partial charge in [-0.2, -0.15) is 0 Å². The topological polar surface area (TPSA) is 58.6 Å². The first-order valence-corrected chi connectivity index (χ1v) is 4.44. The van der Waals surface area contributed by atoms with E-state index in [2.05, 4.69) is 11.9 Å². The molecule has 0 heterocycles. The molecule has 0 aliphatic heterocycles. The number of alkyl carbamates (subject to hydrolysis) is 1. The van der Waals surface area contributed by atoms with Crippen LogP contribution in [0.5, 0.6) is 0 Å². The molecule has 0 atom stereocenters. The molecular weight excluding hydrogens is 182 g/mol. The highest BCUT2D eigenvalue weighted by Gasteiger charge is 2.00. The number of amides is 1. The Bertz CT molecular complexity index is 221. The zero-order valence-corrected chi connectivity index (χ0v) is 8.62. The number of rotatable bonds is 5. The Hall–Kier alpha value is -1.29. The Balaban J connectivity index is 3.58. The molecule has 2 N–H and O–H groups in total. The average molecular weight is 199 g/mol. The zero-order chi connectivity index (χ0) is 11.0. The fourth-order valence-electron chi connectivity index (χ4n) is 0.669. The van der Waals surface area contributed by atoms with E-state index in [0.29, 0.717) is 5.57 Å². The molecule has 80 valence electrons. The molecular formula is C10H17NO3. The van der Waals surface area contributed by atoms with Gasteiger partial charge in [-0.15, -0.1) is 0 Å². The van der Waals surface area contributed by atoms with Crippen molar-refractivity contribution in [2.75, 3.05) is 13.2 Å². The Morgan fingerprint density at radius 2 is 2.29 bits per heavy atom. The molecule has 14 heavy (non-hydrogen) atoms. The predicted octanol–water partition coefficient (Wildman–Crippen LogP) is 1.23. The molecule has 0 aliphatic carbocycles. The van der Waals surface area contributed by atoms with Gasteiger partial charge in [-0.1, -0.05) is 12.7 Å².